The Morgan fingerprint density at radius 2 is 2.05 bits per heavy atom. The van der Waals surface area contributed by atoms with E-state index in [1.165, 1.54) is 0 Å². The number of aliphatic hydroxyl groups is 1. The van der Waals surface area contributed by atoms with E-state index in [0.717, 1.165) is 16.6 Å². The van der Waals surface area contributed by atoms with Crippen molar-refractivity contribution in [3.05, 3.63) is 42.1 Å². The van der Waals surface area contributed by atoms with E-state index < -0.39 is 0 Å². The molecule has 0 aliphatic carbocycles. The van der Waals surface area contributed by atoms with E-state index in [0.29, 0.717) is 19.5 Å². The van der Waals surface area contributed by atoms with Gasteiger partial charge in [-0.25, -0.2) is 0 Å². The van der Waals surface area contributed by atoms with E-state index in [4.69, 9.17) is 5.11 Å². The Labute approximate surface area is 112 Å². The lowest BCUT2D eigenvalue weighted by Crippen LogP contribution is -2.30. The first-order valence-corrected chi connectivity index (χ1v) is 6.42. The van der Waals surface area contributed by atoms with Crippen molar-refractivity contribution in [2.75, 3.05) is 13.2 Å². The van der Waals surface area contributed by atoms with Crippen molar-refractivity contribution in [3.8, 4) is 0 Å². The molecule has 1 aromatic heterocycles. The molecule has 0 saturated heterocycles. The standard InChI is InChI=1S/C15H18N2O2/c1-12(19)17(9-4-10-18)11-14-8-7-13-5-2-3-6-15(13)16-14/h2-3,5-8,18H,4,9-11H2,1H3. The molecule has 19 heavy (non-hydrogen) atoms. The average Bonchev–Trinajstić information content (AvgIpc) is 2.43. The molecule has 1 aromatic carbocycles. The lowest BCUT2D eigenvalue weighted by molar-refractivity contribution is -0.129. The number of aromatic nitrogens is 1. The Hall–Kier alpha value is -1.94. The van der Waals surface area contributed by atoms with Crippen molar-refractivity contribution in [2.45, 2.75) is 19.9 Å². The Bertz CT molecular complexity index is 569. The van der Waals surface area contributed by atoms with Gasteiger partial charge in [-0.1, -0.05) is 24.3 Å². The number of amides is 1. The van der Waals surface area contributed by atoms with E-state index >= 15 is 0 Å². The van der Waals surface area contributed by atoms with Crippen molar-refractivity contribution in [1.29, 1.82) is 0 Å². The predicted molar refractivity (Wildman–Crippen MR) is 74.5 cm³/mol. The van der Waals surface area contributed by atoms with Gasteiger partial charge in [0, 0.05) is 25.5 Å². The van der Waals surface area contributed by atoms with Crippen molar-refractivity contribution in [2.24, 2.45) is 0 Å². The van der Waals surface area contributed by atoms with Gasteiger partial charge in [0.15, 0.2) is 0 Å². The first kappa shape index (κ1) is 13.5. The highest BCUT2D eigenvalue weighted by molar-refractivity contribution is 5.78. The third-order valence-corrected chi connectivity index (χ3v) is 3.04. The fraction of sp³-hybridized carbons (Fsp3) is 0.333. The number of fused-ring (bicyclic) bond motifs is 1. The van der Waals surface area contributed by atoms with E-state index in [-0.39, 0.29) is 12.5 Å². The number of pyridine rings is 1. The second-order valence-electron chi connectivity index (χ2n) is 4.51. The number of para-hydroxylation sites is 1. The first-order chi connectivity index (χ1) is 9.20. The van der Waals surface area contributed by atoms with E-state index in [2.05, 4.69) is 4.98 Å². The third-order valence-electron chi connectivity index (χ3n) is 3.04. The summed E-state index contributed by atoms with van der Waals surface area (Å²) in [5.74, 6) is 0.00316. The number of nitrogens with zero attached hydrogens (tertiary/aromatic N) is 2. The Kier molecular flexibility index (Phi) is 4.47. The zero-order valence-electron chi connectivity index (χ0n) is 11.0. The molecule has 1 amide bonds. The van der Waals surface area contributed by atoms with Gasteiger partial charge in [0.25, 0.3) is 0 Å². The maximum absolute atomic E-state index is 11.5. The third kappa shape index (κ3) is 3.51. The number of rotatable bonds is 5. The predicted octanol–water partition coefficient (Wildman–Crippen LogP) is 1.97. The van der Waals surface area contributed by atoms with Crippen molar-refractivity contribution in [3.63, 3.8) is 0 Å². The van der Waals surface area contributed by atoms with Crippen LogP contribution in [0.2, 0.25) is 0 Å². The number of benzene rings is 1. The molecule has 0 saturated carbocycles. The molecule has 4 nitrogen and oxygen atoms in total. The van der Waals surface area contributed by atoms with Gasteiger partial charge in [-0.15, -0.1) is 0 Å². The maximum Gasteiger partial charge on any atom is 0.219 e. The fourth-order valence-electron chi connectivity index (χ4n) is 2.00. The summed E-state index contributed by atoms with van der Waals surface area (Å²) >= 11 is 0. The Balaban J connectivity index is 2.16. The van der Waals surface area contributed by atoms with Crippen LogP contribution in [0.25, 0.3) is 10.9 Å². The molecule has 0 spiro atoms. The highest BCUT2D eigenvalue weighted by Crippen LogP contribution is 2.13. The maximum atomic E-state index is 11.5. The summed E-state index contributed by atoms with van der Waals surface area (Å²) in [5, 5.41) is 9.94. The topological polar surface area (TPSA) is 53.4 Å². The van der Waals surface area contributed by atoms with Crippen LogP contribution in [0.3, 0.4) is 0 Å². The molecule has 0 aliphatic rings. The molecule has 0 atom stereocenters. The fourth-order valence-corrected chi connectivity index (χ4v) is 2.00. The Morgan fingerprint density at radius 1 is 1.26 bits per heavy atom. The Morgan fingerprint density at radius 3 is 2.79 bits per heavy atom. The summed E-state index contributed by atoms with van der Waals surface area (Å²) < 4.78 is 0. The van der Waals surface area contributed by atoms with E-state index in [9.17, 15) is 4.79 Å². The van der Waals surface area contributed by atoms with Gasteiger partial charge in [0.1, 0.15) is 0 Å². The summed E-state index contributed by atoms with van der Waals surface area (Å²) in [6.07, 6.45) is 0.590. The van der Waals surface area contributed by atoms with E-state index in [1.54, 1.807) is 11.8 Å². The molecular formula is C15H18N2O2. The summed E-state index contributed by atoms with van der Waals surface area (Å²) in [7, 11) is 0. The molecule has 2 rings (SSSR count). The van der Waals surface area contributed by atoms with Gasteiger partial charge in [-0.05, 0) is 18.6 Å². The molecule has 0 bridgehead atoms. The zero-order valence-corrected chi connectivity index (χ0v) is 11.0. The minimum absolute atomic E-state index is 0.00316. The number of aliphatic hydroxyl groups excluding tert-OH is 1. The summed E-state index contributed by atoms with van der Waals surface area (Å²) in [6, 6.07) is 11.9. The van der Waals surface area contributed by atoms with Crippen molar-refractivity contribution >= 4 is 16.8 Å². The lowest BCUT2D eigenvalue weighted by atomic mass is 10.2. The molecule has 0 radical (unpaired) electrons. The van der Waals surface area contributed by atoms with Crippen LogP contribution in [0.4, 0.5) is 0 Å². The van der Waals surface area contributed by atoms with Crippen LogP contribution in [-0.2, 0) is 11.3 Å². The molecule has 2 aromatic rings. The average molecular weight is 258 g/mol. The van der Waals surface area contributed by atoms with Gasteiger partial charge >= 0.3 is 0 Å². The van der Waals surface area contributed by atoms with Crippen LogP contribution in [0.15, 0.2) is 36.4 Å². The monoisotopic (exact) mass is 258 g/mol. The summed E-state index contributed by atoms with van der Waals surface area (Å²) in [4.78, 5) is 17.8. The minimum Gasteiger partial charge on any atom is -0.396 e. The van der Waals surface area contributed by atoms with Crippen LogP contribution >= 0.6 is 0 Å². The largest absolute Gasteiger partial charge is 0.396 e. The SMILES string of the molecule is CC(=O)N(CCCO)Cc1ccc2ccccc2n1. The zero-order chi connectivity index (χ0) is 13.7. The quantitative estimate of drug-likeness (QED) is 0.892. The van der Waals surface area contributed by atoms with Crippen molar-refractivity contribution < 1.29 is 9.90 Å². The molecule has 1 heterocycles. The van der Waals surface area contributed by atoms with Gasteiger partial charge in [0.2, 0.25) is 5.91 Å². The molecule has 0 unspecified atom stereocenters. The second kappa shape index (κ2) is 6.29. The highest BCUT2D eigenvalue weighted by atomic mass is 16.3. The molecule has 4 heteroatoms. The van der Waals surface area contributed by atoms with Crippen LogP contribution in [0.5, 0.6) is 0 Å². The van der Waals surface area contributed by atoms with Crippen LogP contribution in [-0.4, -0.2) is 34.0 Å². The molecular weight excluding hydrogens is 240 g/mol. The van der Waals surface area contributed by atoms with Crippen LogP contribution < -0.4 is 0 Å². The lowest BCUT2D eigenvalue weighted by Gasteiger charge is -2.20. The van der Waals surface area contributed by atoms with Crippen LogP contribution in [0.1, 0.15) is 19.0 Å². The smallest absolute Gasteiger partial charge is 0.219 e. The summed E-state index contributed by atoms with van der Waals surface area (Å²) in [5.41, 5.74) is 1.80. The van der Waals surface area contributed by atoms with Gasteiger partial charge < -0.3 is 10.0 Å². The number of hydrogen-bond donors (Lipinski definition) is 1. The van der Waals surface area contributed by atoms with Crippen molar-refractivity contribution in [1.82, 2.24) is 9.88 Å². The second-order valence-corrected chi connectivity index (χ2v) is 4.51. The van der Waals surface area contributed by atoms with Gasteiger partial charge in [-0.2, -0.15) is 0 Å². The molecule has 0 aliphatic heterocycles. The first-order valence-electron chi connectivity index (χ1n) is 6.42. The number of hydrogen-bond acceptors (Lipinski definition) is 3. The molecule has 100 valence electrons. The molecule has 1 N–H and O–H groups in total. The van der Waals surface area contributed by atoms with E-state index in [1.807, 2.05) is 36.4 Å². The molecule has 0 fully saturated rings. The normalized spacial score (nSPS) is 10.6. The summed E-state index contributed by atoms with van der Waals surface area (Å²) in [6.45, 7) is 2.67. The number of carbonyl (C=O) groups excluding carboxylic acids is 1. The van der Waals surface area contributed by atoms with Crippen LogP contribution in [0, 0.1) is 0 Å². The van der Waals surface area contributed by atoms with Gasteiger partial charge in [0.05, 0.1) is 17.8 Å². The van der Waals surface area contributed by atoms with Gasteiger partial charge in [-0.3, -0.25) is 9.78 Å². The minimum atomic E-state index is 0.00316. The highest BCUT2D eigenvalue weighted by Gasteiger charge is 2.10. The number of carbonyl (C=O) groups is 1.